The minimum atomic E-state index is -2.84. The average Bonchev–Trinajstić information content (AvgIpc) is 3.07. The average molecular weight is 278 g/mol. The Morgan fingerprint density at radius 3 is 2.85 bits per heavy atom. The maximum absolute atomic E-state index is 12.3. The van der Waals surface area contributed by atoms with Crippen LogP contribution in [0.2, 0.25) is 0 Å². The summed E-state index contributed by atoms with van der Waals surface area (Å²) >= 11 is 0. The first-order valence-electron chi connectivity index (χ1n) is 6.43. The van der Waals surface area contributed by atoms with E-state index in [9.17, 15) is 8.78 Å². The second-order valence-electron chi connectivity index (χ2n) is 5.42. The summed E-state index contributed by atoms with van der Waals surface area (Å²) in [7, 11) is 0. The van der Waals surface area contributed by atoms with E-state index in [0.29, 0.717) is 11.6 Å². The van der Waals surface area contributed by atoms with Crippen molar-refractivity contribution in [1.82, 2.24) is 5.16 Å². The van der Waals surface area contributed by atoms with E-state index in [-0.39, 0.29) is 11.2 Å². The summed E-state index contributed by atoms with van der Waals surface area (Å²) in [6, 6.07) is 5.02. The molecular formula is C14H12F2N2O2. The van der Waals surface area contributed by atoms with Crippen LogP contribution in [0.4, 0.5) is 14.6 Å². The standard InChI is InChI=1S/C14H12F2N2O2/c15-13(16)19-7-1-2-10-8(5-7)11-9(12(17)18-20-11)6-14(10)3-4-14/h1-2,5,13H,3-4,6H2,(H2,17,18). The van der Waals surface area contributed by atoms with Crippen molar-refractivity contribution in [3.05, 3.63) is 29.3 Å². The third-order valence-corrected chi connectivity index (χ3v) is 4.22. The Morgan fingerprint density at radius 2 is 2.15 bits per heavy atom. The molecule has 0 atom stereocenters. The van der Waals surface area contributed by atoms with Gasteiger partial charge in [-0.25, -0.2) is 0 Å². The van der Waals surface area contributed by atoms with E-state index in [4.69, 9.17) is 10.3 Å². The summed E-state index contributed by atoms with van der Waals surface area (Å²) in [4.78, 5) is 0. The van der Waals surface area contributed by atoms with Gasteiger partial charge < -0.3 is 15.0 Å². The Bertz CT molecular complexity index is 692. The molecule has 6 heteroatoms. The molecule has 0 radical (unpaired) electrons. The van der Waals surface area contributed by atoms with Gasteiger partial charge in [0.05, 0.1) is 0 Å². The number of ether oxygens (including phenoxy) is 1. The Morgan fingerprint density at radius 1 is 1.35 bits per heavy atom. The molecule has 1 heterocycles. The largest absolute Gasteiger partial charge is 0.435 e. The van der Waals surface area contributed by atoms with Crippen molar-refractivity contribution in [3.63, 3.8) is 0 Å². The van der Waals surface area contributed by atoms with Gasteiger partial charge in [-0.2, -0.15) is 8.78 Å². The predicted molar refractivity (Wildman–Crippen MR) is 67.6 cm³/mol. The first-order valence-corrected chi connectivity index (χ1v) is 6.43. The number of aromatic nitrogens is 1. The second-order valence-corrected chi connectivity index (χ2v) is 5.42. The van der Waals surface area contributed by atoms with Gasteiger partial charge in [0.15, 0.2) is 11.6 Å². The zero-order valence-electron chi connectivity index (χ0n) is 10.5. The fourth-order valence-corrected chi connectivity index (χ4v) is 3.08. The highest BCUT2D eigenvalue weighted by molar-refractivity contribution is 5.76. The van der Waals surface area contributed by atoms with Crippen LogP contribution in [0.5, 0.6) is 5.75 Å². The summed E-state index contributed by atoms with van der Waals surface area (Å²) < 4.78 is 34.4. The Kier molecular flexibility index (Phi) is 2.17. The van der Waals surface area contributed by atoms with Gasteiger partial charge in [0.1, 0.15) is 5.75 Å². The molecule has 2 aliphatic carbocycles. The zero-order chi connectivity index (χ0) is 13.9. The predicted octanol–water partition coefficient (Wildman–Crippen LogP) is 3.11. The molecule has 0 unspecified atom stereocenters. The fraction of sp³-hybridized carbons (Fsp3) is 0.357. The van der Waals surface area contributed by atoms with Crippen molar-refractivity contribution >= 4 is 5.82 Å². The smallest absolute Gasteiger partial charge is 0.387 e. The molecule has 1 aromatic carbocycles. The Balaban J connectivity index is 1.88. The van der Waals surface area contributed by atoms with Gasteiger partial charge in [-0.3, -0.25) is 0 Å². The molecule has 0 bridgehead atoms. The molecule has 4 nitrogen and oxygen atoms in total. The van der Waals surface area contributed by atoms with E-state index >= 15 is 0 Å². The lowest BCUT2D eigenvalue weighted by Crippen LogP contribution is -2.17. The summed E-state index contributed by atoms with van der Waals surface area (Å²) in [5, 5.41) is 3.79. The van der Waals surface area contributed by atoms with Crippen molar-refractivity contribution in [2.75, 3.05) is 5.73 Å². The first-order chi connectivity index (χ1) is 9.59. The van der Waals surface area contributed by atoms with Crippen LogP contribution < -0.4 is 10.5 Å². The molecule has 1 aromatic heterocycles. The summed E-state index contributed by atoms with van der Waals surface area (Å²) in [5.41, 5.74) is 8.67. The van der Waals surface area contributed by atoms with Crippen LogP contribution >= 0.6 is 0 Å². The van der Waals surface area contributed by atoms with E-state index in [1.54, 1.807) is 12.1 Å². The molecule has 0 saturated heterocycles. The molecule has 1 saturated carbocycles. The number of hydrogen-bond donors (Lipinski definition) is 1. The Hall–Kier alpha value is -2.11. The van der Waals surface area contributed by atoms with Gasteiger partial charge >= 0.3 is 6.61 Å². The van der Waals surface area contributed by atoms with Crippen molar-refractivity contribution < 1.29 is 18.0 Å². The van der Waals surface area contributed by atoms with E-state index in [1.165, 1.54) is 0 Å². The summed E-state index contributed by atoms with van der Waals surface area (Å²) in [6.07, 6.45) is 2.94. The molecule has 0 aliphatic heterocycles. The molecule has 1 spiro atoms. The van der Waals surface area contributed by atoms with Gasteiger partial charge in [-0.15, -0.1) is 0 Å². The van der Waals surface area contributed by atoms with Gasteiger partial charge in [0, 0.05) is 16.5 Å². The molecule has 104 valence electrons. The zero-order valence-corrected chi connectivity index (χ0v) is 10.5. The van der Waals surface area contributed by atoms with Crippen LogP contribution in [0.15, 0.2) is 22.7 Å². The van der Waals surface area contributed by atoms with Crippen LogP contribution in [0, 0.1) is 0 Å². The highest BCUT2D eigenvalue weighted by Gasteiger charge is 2.50. The Labute approximate surface area is 113 Å². The number of nitrogens with two attached hydrogens (primary N) is 1. The molecule has 1 fully saturated rings. The van der Waals surface area contributed by atoms with Gasteiger partial charge in [-0.1, -0.05) is 11.2 Å². The highest BCUT2D eigenvalue weighted by atomic mass is 19.3. The number of hydrogen-bond acceptors (Lipinski definition) is 4. The third kappa shape index (κ3) is 1.54. The molecule has 0 amide bonds. The van der Waals surface area contributed by atoms with Crippen LogP contribution in [-0.2, 0) is 11.8 Å². The number of alkyl halides is 2. The summed E-state index contributed by atoms with van der Waals surface area (Å²) in [5.74, 6) is 1.09. The van der Waals surface area contributed by atoms with E-state index in [0.717, 1.165) is 36.0 Å². The number of benzene rings is 1. The number of halogens is 2. The monoisotopic (exact) mass is 278 g/mol. The first kappa shape index (κ1) is 11.7. The maximum atomic E-state index is 12.3. The van der Waals surface area contributed by atoms with Crippen LogP contribution in [-0.4, -0.2) is 11.8 Å². The minimum Gasteiger partial charge on any atom is -0.435 e. The van der Waals surface area contributed by atoms with Gasteiger partial charge in [0.2, 0.25) is 0 Å². The molecule has 20 heavy (non-hydrogen) atoms. The summed E-state index contributed by atoms with van der Waals surface area (Å²) in [6.45, 7) is -2.84. The normalized spacial score (nSPS) is 17.9. The lowest BCUT2D eigenvalue weighted by molar-refractivity contribution is -0.0498. The number of rotatable bonds is 2. The molecule has 2 aliphatic rings. The number of anilines is 1. The number of nitrogen functional groups attached to an aromatic ring is 1. The molecule has 2 N–H and O–H groups in total. The number of fused-ring (bicyclic) bond motifs is 4. The fourth-order valence-electron chi connectivity index (χ4n) is 3.08. The molecule has 4 rings (SSSR count). The van der Waals surface area contributed by atoms with E-state index in [1.807, 2.05) is 6.07 Å². The van der Waals surface area contributed by atoms with Crippen molar-refractivity contribution in [3.8, 4) is 17.1 Å². The van der Waals surface area contributed by atoms with Crippen LogP contribution in [0.25, 0.3) is 11.3 Å². The topological polar surface area (TPSA) is 61.3 Å². The van der Waals surface area contributed by atoms with Crippen LogP contribution in [0.1, 0.15) is 24.0 Å². The molecular weight excluding hydrogens is 266 g/mol. The number of nitrogens with zero attached hydrogens (tertiary/aromatic N) is 1. The van der Waals surface area contributed by atoms with Crippen molar-refractivity contribution in [1.29, 1.82) is 0 Å². The SMILES string of the molecule is Nc1noc2c1CC1(CC1)c1ccc(OC(F)F)cc1-2. The lowest BCUT2D eigenvalue weighted by atomic mass is 9.79. The second kappa shape index (κ2) is 3.71. The van der Waals surface area contributed by atoms with Gasteiger partial charge in [-0.05, 0) is 37.0 Å². The molecule has 2 aromatic rings. The van der Waals surface area contributed by atoms with E-state index < -0.39 is 6.61 Å². The quantitative estimate of drug-likeness (QED) is 0.916. The lowest BCUT2D eigenvalue weighted by Gasteiger charge is -2.24. The maximum Gasteiger partial charge on any atom is 0.387 e. The van der Waals surface area contributed by atoms with Crippen molar-refractivity contribution in [2.24, 2.45) is 0 Å². The minimum absolute atomic E-state index is 0.0748. The highest BCUT2D eigenvalue weighted by Crippen LogP contribution is 2.58. The van der Waals surface area contributed by atoms with Crippen LogP contribution in [0.3, 0.4) is 0 Å². The third-order valence-electron chi connectivity index (χ3n) is 4.22. The van der Waals surface area contributed by atoms with Crippen molar-refractivity contribution in [2.45, 2.75) is 31.3 Å². The van der Waals surface area contributed by atoms with Gasteiger partial charge in [0.25, 0.3) is 0 Å². The van der Waals surface area contributed by atoms with E-state index in [2.05, 4.69) is 9.89 Å².